The summed E-state index contributed by atoms with van der Waals surface area (Å²) in [5.41, 5.74) is 4.34. The van der Waals surface area contributed by atoms with Crippen molar-refractivity contribution in [3.8, 4) is 0 Å². The van der Waals surface area contributed by atoms with E-state index in [1.54, 1.807) is 0 Å². The summed E-state index contributed by atoms with van der Waals surface area (Å²) in [4.78, 5) is 0. The highest BCUT2D eigenvalue weighted by Gasteiger charge is 2.25. The van der Waals surface area contributed by atoms with Gasteiger partial charge in [-0.25, -0.2) is 0 Å². The van der Waals surface area contributed by atoms with Crippen LogP contribution in [0, 0.1) is 6.92 Å². The Morgan fingerprint density at radius 2 is 1.61 bits per heavy atom. The van der Waals surface area contributed by atoms with Gasteiger partial charge in [-0.05, 0) is 31.2 Å². The largest absolute Gasteiger partial charge is 0.280 e. The molecule has 2 heterocycles. The number of pyridine rings is 1. The Morgan fingerprint density at radius 3 is 2.39 bits per heavy atom. The summed E-state index contributed by atoms with van der Waals surface area (Å²) in [5, 5.41) is 8.72. The van der Waals surface area contributed by atoms with Crippen molar-refractivity contribution in [3.05, 3.63) is 90.3 Å². The van der Waals surface area contributed by atoms with Gasteiger partial charge in [0.15, 0.2) is 12.4 Å². The molecule has 0 bridgehead atoms. The maximum absolute atomic E-state index is 4.42. The maximum atomic E-state index is 4.42. The second-order valence-corrected chi connectivity index (χ2v) is 5.63. The number of rotatable bonds is 3. The lowest BCUT2D eigenvalue weighted by atomic mass is 10.1. The van der Waals surface area contributed by atoms with E-state index in [4.69, 9.17) is 0 Å². The Balaban J connectivity index is 1.94. The summed E-state index contributed by atoms with van der Waals surface area (Å²) in [6.07, 6.45) is 4.05. The number of aryl methyl sites for hydroxylation is 1. The average Bonchev–Trinajstić information content (AvgIpc) is 3.02. The van der Waals surface area contributed by atoms with Crippen LogP contribution in [0.5, 0.6) is 0 Å². The third-order valence-electron chi connectivity index (χ3n) is 4.01. The standard InChI is InChI=1S/C19H17N4/c1-15-9-11-16(12-10-15)19(22-13-5-2-6-14-22)23-18-8-4-3-7-17(18)20-21-23/h2-14,19H,1H3/q+1. The third kappa shape index (κ3) is 2.48. The first-order chi connectivity index (χ1) is 11.3. The highest BCUT2D eigenvalue weighted by Crippen LogP contribution is 2.20. The van der Waals surface area contributed by atoms with E-state index in [0.717, 1.165) is 11.0 Å². The molecule has 0 aliphatic rings. The summed E-state index contributed by atoms with van der Waals surface area (Å²) in [5.74, 6) is 0. The van der Waals surface area contributed by atoms with E-state index in [0.29, 0.717) is 0 Å². The van der Waals surface area contributed by atoms with Crippen LogP contribution in [-0.4, -0.2) is 15.0 Å². The Labute approximate surface area is 134 Å². The monoisotopic (exact) mass is 301 g/mol. The molecule has 4 rings (SSSR count). The Hall–Kier alpha value is -3.01. The quantitative estimate of drug-likeness (QED) is 0.545. The fourth-order valence-electron chi connectivity index (χ4n) is 2.82. The lowest BCUT2D eigenvalue weighted by Crippen LogP contribution is -2.44. The second-order valence-electron chi connectivity index (χ2n) is 5.63. The van der Waals surface area contributed by atoms with Gasteiger partial charge in [0.1, 0.15) is 5.52 Å². The summed E-state index contributed by atoms with van der Waals surface area (Å²) < 4.78 is 4.12. The molecule has 0 aliphatic carbocycles. The minimum atomic E-state index is -0.0656. The van der Waals surface area contributed by atoms with Crippen molar-refractivity contribution in [3.63, 3.8) is 0 Å². The van der Waals surface area contributed by atoms with E-state index in [1.807, 2.05) is 41.1 Å². The van der Waals surface area contributed by atoms with Gasteiger partial charge in [0.25, 0.3) is 6.17 Å². The molecule has 0 fully saturated rings. The van der Waals surface area contributed by atoms with Crippen LogP contribution in [-0.2, 0) is 0 Å². The van der Waals surface area contributed by atoms with Gasteiger partial charge in [-0.1, -0.05) is 41.1 Å². The number of hydrogen-bond donors (Lipinski definition) is 0. The lowest BCUT2D eigenvalue weighted by molar-refractivity contribution is -0.719. The molecule has 0 amide bonds. The average molecular weight is 301 g/mol. The fraction of sp³-hybridized carbons (Fsp3) is 0.105. The molecule has 112 valence electrons. The van der Waals surface area contributed by atoms with Crippen LogP contribution in [0.1, 0.15) is 17.3 Å². The zero-order valence-electron chi connectivity index (χ0n) is 12.9. The topological polar surface area (TPSA) is 34.6 Å². The summed E-state index contributed by atoms with van der Waals surface area (Å²) in [6, 6.07) is 22.7. The van der Waals surface area contributed by atoms with E-state index in [9.17, 15) is 0 Å². The molecule has 1 atom stereocenters. The van der Waals surface area contributed by atoms with Gasteiger partial charge in [-0.2, -0.15) is 9.25 Å². The molecule has 4 heteroatoms. The molecule has 23 heavy (non-hydrogen) atoms. The first kappa shape index (κ1) is 13.6. The van der Waals surface area contributed by atoms with Crippen molar-refractivity contribution in [1.29, 1.82) is 0 Å². The normalized spacial score (nSPS) is 12.4. The van der Waals surface area contributed by atoms with Crippen molar-refractivity contribution < 1.29 is 4.57 Å². The van der Waals surface area contributed by atoms with E-state index in [-0.39, 0.29) is 6.17 Å². The zero-order chi connectivity index (χ0) is 15.6. The molecule has 0 spiro atoms. The van der Waals surface area contributed by atoms with Gasteiger partial charge in [-0.15, -0.1) is 5.10 Å². The van der Waals surface area contributed by atoms with E-state index in [2.05, 4.69) is 64.5 Å². The molecular weight excluding hydrogens is 284 g/mol. The summed E-state index contributed by atoms with van der Waals surface area (Å²) in [6.45, 7) is 2.10. The van der Waals surface area contributed by atoms with Crippen LogP contribution in [0.15, 0.2) is 79.1 Å². The molecular formula is C19H17N4+. The van der Waals surface area contributed by atoms with Gasteiger partial charge in [-0.3, -0.25) is 0 Å². The summed E-state index contributed by atoms with van der Waals surface area (Å²) in [7, 11) is 0. The molecule has 2 aromatic carbocycles. The molecule has 0 N–H and O–H groups in total. The number of nitrogens with zero attached hydrogens (tertiary/aromatic N) is 4. The number of aromatic nitrogens is 4. The Morgan fingerprint density at radius 1 is 0.870 bits per heavy atom. The first-order valence-electron chi connectivity index (χ1n) is 7.65. The minimum Gasteiger partial charge on any atom is -0.177 e. The SMILES string of the molecule is Cc1ccc(C(n2nnc3ccccc32)[n+]2ccccc2)cc1. The Bertz CT molecular complexity index is 926. The van der Waals surface area contributed by atoms with Crippen molar-refractivity contribution in [1.82, 2.24) is 15.0 Å². The van der Waals surface area contributed by atoms with Gasteiger partial charge in [0, 0.05) is 17.7 Å². The van der Waals surface area contributed by atoms with Crippen LogP contribution in [0.25, 0.3) is 11.0 Å². The van der Waals surface area contributed by atoms with Crippen LogP contribution in [0.4, 0.5) is 0 Å². The predicted molar refractivity (Wildman–Crippen MR) is 88.9 cm³/mol. The van der Waals surface area contributed by atoms with Crippen molar-refractivity contribution >= 4 is 11.0 Å². The van der Waals surface area contributed by atoms with Crippen molar-refractivity contribution in [2.75, 3.05) is 0 Å². The molecule has 0 saturated heterocycles. The highest BCUT2D eigenvalue weighted by atomic mass is 15.5. The zero-order valence-corrected chi connectivity index (χ0v) is 12.9. The molecule has 4 aromatic rings. The van der Waals surface area contributed by atoms with Crippen LogP contribution >= 0.6 is 0 Å². The third-order valence-corrected chi connectivity index (χ3v) is 4.01. The van der Waals surface area contributed by atoms with Crippen molar-refractivity contribution in [2.45, 2.75) is 13.1 Å². The van der Waals surface area contributed by atoms with Crippen LogP contribution in [0.3, 0.4) is 0 Å². The number of fused-ring (bicyclic) bond motifs is 1. The van der Waals surface area contributed by atoms with Gasteiger partial charge in [0.05, 0.1) is 5.52 Å². The molecule has 4 nitrogen and oxygen atoms in total. The predicted octanol–water partition coefficient (Wildman–Crippen LogP) is 3.12. The van der Waals surface area contributed by atoms with Crippen LogP contribution < -0.4 is 4.57 Å². The number of hydrogen-bond acceptors (Lipinski definition) is 2. The molecule has 0 radical (unpaired) electrons. The summed E-state index contributed by atoms with van der Waals surface area (Å²) >= 11 is 0. The second kappa shape index (κ2) is 5.65. The smallest absolute Gasteiger partial charge is 0.177 e. The van der Waals surface area contributed by atoms with E-state index in [1.165, 1.54) is 11.1 Å². The van der Waals surface area contributed by atoms with Gasteiger partial charge >= 0.3 is 0 Å². The molecule has 0 aliphatic heterocycles. The Kier molecular flexibility index (Phi) is 3.35. The van der Waals surface area contributed by atoms with Crippen molar-refractivity contribution in [2.24, 2.45) is 0 Å². The molecule has 0 saturated carbocycles. The molecule has 2 aromatic heterocycles. The maximum Gasteiger partial charge on any atom is 0.280 e. The number of para-hydroxylation sites is 1. The molecule has 1 unspecified atom stereocenters. The highest BCUT2D eigenvalue weighted by molar-refractivity contribution is 5.74. The fourth-order valence-corrected chi connectivity index (χ4v) is 2.82. The van der Waals surface area contributed by atoms with Crippen LogP contribution in [0.2, 0.25) is 0 Å². The van der Waals surface area contributed by atoms with E-state index >= 15 is 0 Å². The number of benzene rings is 2. The lowest BCUT2D eigenvalue weighted by Gasteiger charge is -2.13. The van der Waals surface area contributed by atoms with Gasteiger partial charge in [0.2, 0.25) is 0 Å². The van der Waals surface area contributed by atoms with E-state index < -0.39 is 0 Å². The first-order valence-corrected chi connectivity index (χ1v) is 7.65. The van der Waals surface area contributed by atoms with Gasteiger partial charge < -0.3 is 0 Å². The minimum absolute atomic E-state index is 0.0656.